The van der Waals surface area contributed by atoms with Gasteiger partial charge >= 0.3 is 59.1 Å². The van der Waals surface area contributed by atoms with E-state index in [1.54, 1.807) is 0 Å². The van der Waals surface area contributed by atoms with Crippen molar-refractivity contribution in [1.29, 1.82) is 0 Å². The van der Waals surface area contributed by atoms with Crippen LogP contribution in [-0.4, -0.2) is 5.75 Å². The molecule has 0 saturated carbocycles. The third-order valence-electron chi connectivity index (χ3n) is 0.224. The van der Waals surface area contributed by atoms with Gasteiger partial charge in [0, 0.05) is 0 Å². The summed E-state index contributed by atoms with van der Waals surface area (Å²) in [5, 5.41) is 0. The molecular formula is C3H8Na2O3PS+. The zero-order chi connectivity index (χ0) is 6.99. The van der Waals surface area contributed by atoms with Crippen LogP contribution in [0.3, 0.4) is 0 Å². The predicted molar refractivity (Wildman–Crippen MR) is 31.8 cm³/mol. The Morgan fingerprint density at radius 2 is 1.50 bits per heavy atom. The fourth-order valence-corrected chi connectivity index (χ4v) is 0. The van der Waals surface area contributed by atoms with Crippen LogP contribution in [0.5, 0.6) is 0 Å². The van der Waals surface area contributed by atoms with E-state index in [1.807, 2.05) is 0 Å². The Hall–Kier alpha value is 2.37. The van der Waals surface area contributed by atoms with Crippen molar-refractivity contribution in [3.8, 4) is 0 Å². The summed E-state index contributed by atoms with van der Waals surface area (Å²) in [5.74, 6) is 1.01. The molecule has 0 amide bonds. The van der Waals surface area contributed by atoms with Crippen molar-refractivity contribution in [2.75, 3.05) is 5.75 Å². The van der Waals surface area contributed by atoms with Crippen molar-refractivity contribution in [3.05, 3.63) is 0 Å². The molecule has 0 aliphatic heterocycles. The first-order chi connectivity index (χ1) is 3.65. The maximum absolute atomic E-state index is 8.48. The second kappa shape index (κ2) is 22.5. The molecule has 0 bridgehead atoms. The zero-order valence-electron chi connectivity index (χ0n) is 6.53. The topological polar surface area (TPSA) is 63.2 Å². The van der Waals surface area contributed by atoms with Crippen LogP contribution in [-0.2, 0) is 4.57 Å². The molecule has 0 atom stereocenters. The fraction of sp³-hybridized carbons (Fsp3) is 1.00. The van der Waals surface area contributed by atoms with E-state index in [2.05, 4.69) is 19.6 Å². The molecule has 0 aromatic rings. The largest absolute Gasteiger partial charge is 1.00 e. The van der Waals surface area contributed by atoms with Gasteiger partial charge in [-0.05, 0) is 12.2 Å². The Balaban J connectivity index is -0.0000000300. The zero-order valence-corrected chi connectivity index (χ0v) is 12.3. The smallest absolute Gasteiger partial charge is 0.598 e. The monoisotopic (exact) mass is 201 g/mol. The van der Waals surface area contributed by atoms with Gasteiger partial charge in [-0.15, -0.1) is 0 Å². The molecule has 0 aromatic heterocycles. The van der Waals surface area contributed by atoms with Crippen LogP contribution in [0.25, 0.3) is 0 Å². The molecule has 0 rings (SSSR count). The molecule has 0 aliphatic rings. The molecule has 50 valence electrons. The van der Waals surface area contributed by atoms with Crippen molar-refractivity contribution in [1.82, 2.24) is 0 Å². The summed E-state index contributed by atoms with van der Waals surface area (Å²) in [4.78, 5) is 17.0. The average molecular weight is 201 g/mol. The first kappa shape index (κ1) is 22.8. The van der Waals surface area contributed by atoms with E-state index < -0.39 is 8.25 Å². The molecule has 10 heavy (non-hydrogen) atoms. The minimum Gasteiger partial charge on any atom is -0.598 e. The van der Waals surface area contributed by atoms with Gasteiger partial charge in [0.1, 0.15) is 0 Å². The van der Waals surface area contributed by atoms with Gasteiger partial charge < -0.3 is 9.79 Å². The third-order valence-corrected chi connectivity index (χ3v) is 0.671. The number of hydrogen-bond donors (Lipinski definition) is 1. The maximum atomic E-state index is 8.48. The van der Waals surface area contributed by atoms with Crippen LogP contribution in [0.2, 0.25) is 0 Å². The van der Waals surface area contributed by atoms with Crippen LogP contribution in [0.4, 0.5) is 0 Å². The molecule has 0 unspecified atom stereocenters. The van der Waals surface area contributed by atoms with Crippen LogP contribution in [0.1, 0.15) is 13.3 Å². The van der Waals surface area contributed by atoms with E-state index in [0.29, 0.717) is 0 Å². The Kier molecular flexibility index (Phi) is 51.4. The predicted octanol–water partition coefficient (Wildman–Crippen LogP) is -6.30. The van der Waals surface area contributed by atoms with E-state index in [0.717, 1.165) is 5.75 Å². The molecule has 0 N–H and O–H groups in total. The maximum Gasteiger partial charge on any atom is 1.00 e. The SMILES string of the molecule is CCCS.O=[P+]([O-])[O-].[Na+].[Na+]. The molecule has 0 spiro atoms. The van der Waals surface area contributed by atoms with Gasteiger partial charge in [-0.2, -0.15) is 12.6 Å². The van der Waals surface area contributed by atoms with Gasteiger partial charge in [0.2, 0.25) is 0 Å². The number of thiol groups is 1. The Bertz CT molecular complexity index is 59.7. The van der Waals surface area contributed by atoms with Gasteiger partial charge in [-0.1, -0.05) is 11.5 Å². The molecule has 0 fully saturated rings. The normalized spacial score (nSPS) is 5.60. The first-order valence-electron chi connectivity index (χ1n) is 2.07. The molecule has 3 nitrogen and oxygen atoms in total. The first-order valence-corrected chi connectivity index (χ1v) is 3.80. The summed E-state index contributed by atoms with van der Waals surface area (Å²) in [6, 6.07) is 0. The Morgan fingerprint density at radius 1 is 1.40 bits per heavy atom. The van der Waals surface area contributed by atoms with E-state index in [1.165, 1.54) is 6.42 Å². The van der Waals surface area contributed by atoms with Crippen molar-refractivity contribution < 1.29 is 73.5 Å². The summed E-state index contributed by atoms with van der Waals surface area (Å²) in [5.41, 5.74) is 0. The molecule has 0 aliphatic carbocycles. The van der Waals surface area contributed by atoms with E-state index >= 15 is 0 Å². The summed E-state index contributed by atoms with van der Waals surface area (Å²) in [6.45, 7) is 2.10. The third kappa shape index (κ3) is 80.2. The van der Waals surface area contributed by atoms with Crippen molar-refractivity contribution in [2.24, 2.45) is 0 Å². The van der Waals surface area contributed by atoms with Gasteiger partial charge in [-0.3, -0.25) is 0 Å². The quantitative estimate of drug-likeness (QED) is 0.261. The Labute approximate surface area is 112 Å². The summed E-state index contributed by atoms with van der Waals surface area (Å²) < 4.78 is 8.48. The minimum absolute atomic E-state index is 0. The van der Waals surface area contributed by atoms with Crippen LogP contribution in [0, 0.1) is 0 Å². The van der Waals surface area contributed by atoms with Gasteiger partial charge in [0.05, 0.1) is 0 Å². The standard InChI is InChI=1S/C3H8S.2Na.HO3P/c1-2-3-4;;;1-4(2)3/h4H,2-3H2,1H3;;;(H,1,2,3)/q;2*+1;/p-1. The van der Waals surface area contributed by atoms with Crippen LogP contribution in [0.15, 0.2) is 0 Å². The second-order valence-corrected chi connectivity index (χ2v) is 1.84. The molecule has 0 radical (unpaired) electrons. The van der Waals surface area contributed by atoms with E-state index in [9.17, 15) is 0 Å². The van der Waals surface area contributed by atoms with Crippen LogP contribution < -0.4 is 68.9 Å². The molecule has 0 aromatic carbocycles. The van der Waals surface area contributed by atoms with Crippen LogP contribution >= 0.6 is 20.9 Å². The summed E-state index contributed by atoms with van der Waals surface area (Å²) in [6.07, 6.45) is 1.18. The summed E-state index contributed by atoms with van der Waals surface area (Å²) in [7, 11) is -3.37. The van der Waals surface area contributed by atoms with Gasteiger partial charge in [-0.25, -0.2) is 0 Å². The molecule has 0 heterocycles. The van der Waals surface area contributed by atoms with Gasteiger partial charge in [0.25, 0.3) is 8.25 Å². The Morgan fingerprint density at radius 3 is 1.50 bits per heavy atom. The number of rotatable bonds is 1. The van der Waals surface area contributed by atoms with Crippen molar-refractivity contribution >= 4 is 20.9 Å². The molecule has 7 heteroatoms. The summed E-state index contributed by atoms with van der Waals surface area (Å²) >= 11 is 3.92. The average Bonchev–Trinajstić information content (AvgIpc) is 1.65. The fourth-order valence-electron chi connectivity index (χ4n) is 0. The van der Waals surface area contributed by atoms with E-state index in [4.69, 9.17) is 14.4 Å². The van der Waals surface area contributed by atoms with Crippen molar-refractivity contribution in [3.63, 3.8) is 0 Å². The van der Waals surface area contributed by atoms with Gasteiger partial charge in [0.15, 0.2) is 0 Å². The van der Waals surface area contributed by atoms with Crippen molar-refractivity contribution in [2.45, 2.75) is 13.3 Å². The molecular weight excluding hydrogens is 193 g/mol. The second-order valence-electron chi connectivity index (χ2n) is 0.947. The molecule has 0 saturated heterocycles. The minimum atomic E-state index is -3.37. The van der Waals surface area contributed by atoms with E-state index in [-0.39, 0.29) is 59.1 Å². The number of hydrogen-bond acceptors (Lipinski definition) is 4.